The number of hydrogen-bond donors (Lipinski definition) is 3. The Morgan fingerprint density at radius 3 is 2.62 bits per heavy atom. The molecule has 0 spiro atoms. The minimum atomic E-state index is -2.16. The van der Waals surface area contributed by atoms with Gasteiger partial charge < -0.3 is 29.5 Å². The lowest BCUT2D eigenvalue weighted by molar-refractivity contribution is -0.119. The number of ether oxygens (including phenoxy) is 3. The first-order valence-electron chi connectivity index (χ1n) is 10.4. The van der Waals surface area contributed by atoms with Crippen LogP contribution in [0.2, 0.25) is 0 Å². The minimum absolute atomic E-state index is 0.0701. The van der Waals surface area contributed by atoms with Crippen LogP contribution in [0.3, 0.4) is 0 Å². The zero-order chi connectivity index (χ0) is 23.0. The average Bonchev–Trinajstić information content (AvgIpc) is 2.99. The van der Waals surface area contributed by atoms with E-state index in [2.05, 4.69) is 0 Å². The number of aliphatic hydroxyl groups is 1. The summed E-state index contributed by atoms with van der Waals surface area (Å²) in [7, 11) is 0. The quantitative estimate of drug-likeness (QED) is 0.612. The van der Waals surface area contributed by atoms with Gasteiger partial charge in [0.15, 0.2) is 0 Å². The average molecular weight is 436 g/mol. The van der Waals surface area contributed by atoms with Crippen LogP contribution < -0.4 is 14.2 Å². The molecule has 0 saturated heterocycles. The second kappa shape index (κ2) is 6.53. The molecule has 0 aliphatic carbocycles. The summed E-state index contributed by atoms with van der Waals surface area (Å²) in [6, 6.07) is 4.09. The predicted molar refractivity (Wildman–Crippen MR) is 116 cm³/mol. The molecule has 0 amide bonds. The summed E-state index contributed by atoms with van der Waals surface area (Å²) in [4.78, 5) is 13.7. The molecule has 2 aromatic rings. The Morgan fingerprint density at radius 1 is 1.16 bits per heavy atom. The number of phenolic OH excluding ortho intramolecular Hbond substituents is 2. The number of ketones is 1. The molecule has 3 aliphatic rings. The second-order valence-corrected chi connectivity index (χ2v) is 9.14. The van der Waals surface area contributed by atoms with Gasteiger partial charge in [-0.25, -0.2) is 0 Å². The molecule has 32 heavy (non-hydrogen) atoms. The monoisotopic (exact) mass is 436 g/mol. The third-order valence-electron chi connectivity index (χ3n) is 5.99. The van der Waals surface area contributed by atoms with E-state index < -0.39 is 23.3 Å². The summed E-state index contributed by atoms with van der Waals surface area (Å²) in [6.45, 7) is 7.69. The number of carbonyl (C=O) groups excluding carboxylic acids is 1. The molecule has 0 unspecified atom stereocenters. The van der Waals surface area contributed by atoms with Gasteiger partial charge in [0.05, 0.1) is 5.56 Å². The van der Waals surface area contributed by atoms with E-state index in [1.165, 1.54) is 18.2 Å². The molecular weight excluding hydrogens is 412 g/mol. The van der Waals surface area contributed by atoms with Gasteiger partial charge in [-0.3, -0.25) is 4.79 Å². The Bertz CT molecular complexity index is 1230. The summed E-state index contributed by atoms with van der Waals surface area (Å²) < 4.78 is 18.0. The fourth-order valence-electron chi connectivity index (χ4n) is 4.34. The van der Waals surface area contributed by atoms with Crippen LogP contribution in [0.4, 0.5) is 0 Å². The zero-order valence-electron chi connectivity index (χ0n) is 18.2. The van der Waals surface area contributed by atoms with Crippen molar-refractivity contribution in [2.24, 2.45) is 0 Å². The Balaban J connectivity index is 1.76. The Kier molecular flexibility index (Phi) is 4.17. The van der Waals surface area contributed by atoms with E-state index in [0.29, 0.717) is 23.3 Å². The van der Waals surface area contributed by atoms with Crippen LogP contribution in [0.1, 0.15) is 54.7 Å². The molecule has 7 nitrogen and oxygen atoms in total. The van der Waals surface area contributed by atoms with Gasteiger partial charge in [0.2, 0.25) is 11.4 Å². The number of Topliss-reactive ketones (excluding diaryl/α,β-unsaturated/α-hetero) is 1. The number of benzene rings is 2. The lowest BCUT2D eigenvalue weighted by Crippen LogP contribution is -2.52. The highest BCUT2D eigenvalue weighted by Gasteiger charge is 2.60. The largest absolute Gasteiger partial charge is 0.508 e. The molecule has 0 aromatic heterocycles. The number of aromatic hydroxyl groups is 2. The van der Waals surface area contributed by atoms with Gasteiger partial charge in [-0.1, -0.05) is 11.6 Å². The molecule has 3 aliphatic heterocycles. The highest BCUT2D eigenvalue weighted by molar-refractivity contribution is 6.10. The van der Waals surface area contributed by atoms with Crippen LogP contribution in [-0.4, -0.2) is 33.0 Å². The Labute approximate surface area is 185 Å². The van der Waals surface area contributed by atoms with E-state index >= 15 is 0 Å². The first-order valence-corrected chi connectivity index (χ1v) is 10.4. The van der Waals surface area contributed by atoms with Crippen molar-refractivity contribution in [3.8, 4) is 28.7 Å². The van der Waals surface area contributed by atoms with Gasteiger partial charge >= 0.3 is 0 Å². The normalized spacial score (nSPS) is 23.7. The first kappa shape index (κ1) is 20.5. The van der Waals surface area contributed by atoms with Crippen molar-refractivity contribution in [1.82, 2.24) is 0 Å². The molecule has 5 rings (SSSR count). The Hall–Kier alpha value is -3.45. The smallest absolute Gasteiger partial charge is 0.281 e. The van der Waals surface area contributed by atoms with E-state index in [0.717, 1.165) is 5.57 Å². The second-order valence-electron chi connectivity index (χ2n) is 9.14. The molecular formula is C25H24O7. The Morgan fingerprint density at radius 2 is 1.91 bits per heavy atom. The molecule has 3 N–H and O–H groups in total. The maximum atomic E-state index is 13.7. The highest BCUT2D eigenvalue weighted by Crippen LogP contribution is 2.55. The van der Waals surface area contributed by atoms with Crippen LogP contribution >= 0.6 is 0 Å². The summed E-state index contributed by atoms with van der Waals surface area (Å²) in [5, 5.41) is 32.3. The molecule has 2 atom stereocenters. The van der Waals surface area contributed by atoms with Crippen LogP contribution in [0.25, 0.3) is 6.08 Å². The van der Waals surface area contributed by atoms with Crippen LogP contribution in [0.15, 0.2) is 35.9 Å². The van der Waals surface area contributed by atoms with Crippen LogP contribution in [-0.2, 0) is 12.0 Å². The number of rotatable bonds is 2. The van der Waals surface area contributed by atoms with E-state index in [1.54, 1.807) is 12.2 Å². The molecule has 3 heterocycles. The van der Waals surface area contributed by atoms with Crippen molar-refractivity contribution in [2.75, 3.05) is 0 Å². The number of phenols is 2. The third kappa shape index (κ3) is 2.74. The summed E-state index contributed by atoms with van der Waals surface area (Å²) >= 11 is 0. The SMILES string of the molecule is CC(C)=CCc1c2c(c(O)c3c1O[C@H]1Oc4cc(O)ccc4[C@@]1(O)C3=O)C=CC(C)(C)O2. The van der Waals surface area contributed by atoms with Gasteiger partial charge in [0, 0.05) is 17.2 Å². The maximum Gasteiger partial charge on any atom is 0.281 e. The van der Waals surface area contributed by atoms with Crippen molar-refractivity contribution < 1.29 is 34.3 Å². The predicted octanol–water partition coefficient (Wildman–Crippen LogP) is 3.97. The first-order chi connectivity index (χ1) is 15.0. The number of carbonyl (C=O) groups is 1. The van der Waals surface area contributed by atoms with Gasteiger partial charge in [-0.2, -0.15) is 0 Å². The van der Waals surface area contributed by atoms with Crippen molar-refractivity contribution in [3.05, 3.63) is 58.2 Å². The molecule has 0 fully saturated rings. The minimum Gasteiger partial charge on any atom is -0.508 e. The zero-order valence-corrected chi connectivity index (χ0v) is 18.2. The topological polar surface area (TPSA) is 105 Å². The van der Waals surface area contributed by atoms with Gasteiger partial charge in [-0.15, -0.1) is 0 Å². The van der Waals surface area contributed by atoms with E-state index in [9.17, 15) is 20.1 Å². The van der Waals surface area contributed by atoms with Crippen molar-refractivity contribution in [3.63, 3.8) is 0 Å². The van der Waals surface area contributed by atoms with E-state index in [4.69, 9.17) is 14.2 Å². The van der Waals surface area contributed by atoms with E-state index in [1.807, 2.05) is 33.8 Å². The maximum absolute atomic E-state index is 13.7. The lowest BCUT2D eigenvalue weighted by Gasteiger charge is -2.37. The van der Waals surface area contributed by atoms with Crippen LogP contribution in [0.5, 0.6) is 28.7 Å². The number of fused-ring (bicyclic) bond motifs is 5. The van der Waals surface area contributed by atoms with Gasteiger partial charge in [0.25, 0.3) is 6.29 Å². The molecule has 0 radical (unpaired) electrons. The van der Waals surface area contributed by atoms with Crippen molar-refractivity contribution >= 4 is 11.9 Å². The molecule has 0 bridgehead atoms. The fourth-order valence-corrected chi connectivity index (χ4v) is 4.34. The highest BCUT2D eigenvalue weighted by atomic mass is 16.7. The fraction of sp³-hybridized carbons (Fsp3) is 0.320. The molecule has 166 valence electrons. The number of hydrogen-bond acceptors (Lipinski definition) is 7. The van der Waals surface area contributed by atoms with E-state index in [-0.39, 0.29) is 34.1 Å². The molecule has 0 saturated carbocycles. The van der Waals surface area contributed by atoms with Crippen molar-refractivity contribution in [1.29, 1.82) is 0 Å². The summed E-state index contributed by atoms with van der Waals surface area (Å²) in [6.07, 6.45) is 4.52. The number of allylic oxidation sites excluding steroid dienone is 2. The molecule has 2 aromatic carbocycles. The molecule has 7 heteroatoms. The van der Waals surface area contributed by atoms with Crippen molar-refractivity contribution in [2.45, 2.75) is 51.6 Å². The summed E-state index contributed by atoms with van der Waals surface area (Å²) in [5.41, 5.74) is -0.708. The van der Waals surface area contributed by atoms with Crippen LogP contribution in [0, 0.1) is 0 Å². The lowest BCUT2D eigenvalue weighted by atomic mass is 9.81. The van der Waals surface area contributed by atoms with Gasteiger partial charge in [-0.05, 0) is 58.4 Å². The third-order valence-corrected chi connectivity index (χ3v) is 5.99. The standard InChI is InChI=1S/C25H24O7/c1-12(2)5-7-15-20-14(9-10-24(3,4)32-20)19(27)18-21(15)31-23-25(29,22(18)28)16-8-6-13(26)11-17(16)30-23/h5-6,8-11,23,26-27,29H,7H2,1-4H3/t23-,25-/m1/s1. The van der Waals surface area contributed by atoms with Gasteiger partial charge in [0.1, 0.15) is 39.9 Å². The summed E-state index contributed by atoms with van der Waals surface area (Å²) in [5.74, 6) is -0.415.